The van der Waals surface area contributed by atoms with Gasteiger partial charge in [-0.3, -0.25) is 0 Å². The van der Waals surface area contributed by atoms with E-state index >= 15 is 0 Å². The SMILES string of the molecule is CC(C)(C)c1cc(C(C)(C)C)c2oc3cccc(N(c4ccc(-c5cccc6c5oc5ccccc56)cc4)c4cccc(C5(c6ccccc6)c6ccccc6-c6ccccc65)c4)c3c2c1. The second-order valence-corrected chi connectivity index (χ2v) is 20.1. The minimum Gasteiger partial charge on any atom is -0.456 e. The number of anilines is 3. The summed E-state index contributed by atoms with van der Waals surface area (Å²) in [4.78, 5) is 2.44. The van der Waals surface area contributed by atoms with Gasteiger partial charge in [0.15, 0.2) is 0 Å². The second kappa shape index (κ2) is 14.7. The minimum atomic E-state index is -0.553. The molecule has 0 unspecified atom stereocenters. The summed E-state index contributed by atoms with van der Waals surface area (Å²) in [5, 5.41) is 4.48. The van der Waals surface area contributed by atoms with Crippen LogP contribution in [0.2, 0.25) is 0 Å². The van der Waals surface area contributed by atoms with Gasteiger partial charge >= 0.3 is 0 Å². The zero-order valence-electron chi connectivity index (χ0n) is 38.3. The molecule has 11 aromatic rings. The summed E-state index contributed by atoms with van der Waals surface area (Å²) >= 11 is 0. The highest BCUT2D eigenvalue weighted by Gasteiger charge is 2.46. The van der Waals surface area contributed by atoms with Gasteiger partial charge in [-0.1, -0.05) is 193 Å². The zero-order chi connectivity index (χ0) is 45.0. The van der Waals surface area contributed by atoms with E-state index in [9.17, 15) is 0 Å². The van der Waals surface area contributed by atoms with Gasteiger partial charge in [-0.2, -0.15) is 0 Å². The molecule has 0 saturated heterocycles. The lowest BCUT2D eigenvalue weighted by Gasteiger charge is -2.35. The Hall–Kier alpha value is -7.62. The van der Waals surface area contributed by atoms with Crippen molar-refractivity contribution in [2.45, 2.75) is 57.8 Å². The van der Waals surface area contributed by atoms with Crippen molar-refractivity contribution < 1.29 is 8.83 Å². The maximum atomic E-state index is 7.00. The molecule has 0 spiro atoms. The molecule has 0 bridgehead atoms. The van der Waals surface area contributed by atoms with E-state index < -0.39 is 5.41 Å². The van der Waals surface area contributed by atoms with Crippen molar-refractivity contribution in [2.24, 2.45) is 0 Å². The lowest BCUT2D eigenvalue weighted by molar-refractivity contribution is 0.559. The van der Waals surface area contributed by atoms with E-state index in [0.717, 1.165) is 72.1 Å². The van der Waals surface area contributed by atoms with Crippen molar-refractivity contribution in [3.05, 3.63) is 234 Å². The molecule has 1 aliphatic rings. The standard InChI is InChI=1S/C63H51NO2/c1-61(2,3)43-38-51-58-55(30-18-32-57(58)66-60(51)54(39-43)62(4,5)6)64(44-35-33-40(34-36-44)46-26-17-27-50-49-25-12-15-31-56(49)65-59(46)50)45-22-16-21-42(37-45)63(41-19-8-7-9-20-41)52-28-13-10-23-47(52)48-24-11-14-29-53(48)63/h7-39H,1-6H3. The van der Waals surface area contributed by atoms with Crippen molar-refractivity contribution in [1.82, 2.24) is 0 Å². The van der Waals surface area contributed by atoms with Crippen LogP contribution in [0.3, 0.4) is 0 Å². The number of hydrogen-bond donors (Lipinski definition) is 0. The van der Waals surface area contributed by atoms with Gasteiger partial charge in [-0.05, 0) is 104 Å². The summed E-state index contributed by atoms with van der Waals surface area (Å²) in [6, 6.07) is 73.3. The van der Waals surface area contributed by atoms with Gasteiger partial charge in [-0.25, -0.2) is 0 Å². The molecule has 320 valence electrons. The smallest absolute Gasteiger partial charge is 0.143 e. The van der Waals surface area contributed by atoms with E-state index in [0.29, 0.717) is 0 Å². The van der Waals surface area contributed by atoms with Crippen molar-refractivity contribution in [2.75, 3.05) is 4.90 Å². The Bertz CT molecular complexity index is 3620. The van der Waals surface area contributed by atoms with Crippen molar-refractivity contribution in [3.8, 4) is 22.3 Å². The van der Waals surface area contributed by atoms with Gasteiger partial charge in [0.1, 0.15) is 22.3 Å². The van der Waals surface area contributed by atoms with Crippen LogP contribution in [-0.2, 0) is 16.2 Å². The van der Waals surface area contributed by atoms with Gasteiger partial charge < -0.3 is 13.7 Å². The van der Waals surface area contributed by atoms with Crippen LogP contribution in [0.5, 0.6) is 0 Å². The Morgan fingerprint density at radius 2 is 1.00 bits per heavy atom. The average Bonchev–Trinajstić information content (AvgIpc) is 4.00. The molecule has 9 aromatic carbocycles. The molecule has 2 aromatic heterocycles. The lowest BCUT2D eigenvalue weighted by Crippen LogP contribution is -2.28. The quantitative estimate of drug-likeness (QED) is 0.167. The zero-order valence-corrected chi connectivity index (χ0v) is 38.3. The highest BCUT2D eigenvalue weighted by Crippen LogP contribution is 2.57. The fourth-order valence-corrected chi connectivity index (χ4v) is 10.9. The Labute approximate surface area is 386 Å². The third kappa shape index (κ3) is 6.03. The number of benzene rings is 9. The number of nitrogens with zero attached hydrogens (tertiary/aromatic N) is 1. The average molecular weight is 854 g/mol. The largest absolute Gasteiger partial charge is 0.456 e. The molecule has 0 saturated carbocycles. The van der Waals surface area contributed by atoms with E-state index in [1.165, 1.54) is 44.5 Å². The molecule has 2 heterocycles. The molecular weight excluding hydrogens is 803 g/mol. The predicted molar refractivity (Wildman–Crippen MR) is 276 cm³/mol. The molecule has 0 aliphatic heterocycles. The Morgan fingerprint density at radius 3 is 1.73 bits per heavy atom. The molecule has 0 radical (unpaired) electrons. The van der Waals surface area contributed by atoms with Gasteiger partial charge in [0.25, 0.3) is 0 Å². The number of hydrogen-bond acceptors (Lipinski definition) is 3. The Kier molecular flexibility index (Phi) is 8.90. The van der Waals surface area contributed by atoms with Crippen LogP contribution in [0.1, 0.15) is 74.9 Å². The van der Waals surface area contributed by atoms with E-state index in [4.69, 9.17) is 8.83 Å². The van der Waals surface area contributed by atoms with Crippen LogP contribution in [0.15, 0.2) is 209 Å². The maximum Gasteiger partial charge on any atom is 0.143 e. The molecule has 0 N–H and O–H groups in total. The summed E-state index contributed by atoms with van der Waals surface area (Å²) in [6.45, 7) is 13.8. The monoisotopic (exact) mass is 853 g/mol. The molecule has 66 heavy (non-hydrogen) atoms. The van der Waals surface area contributed by atoms with Gasteiger partial charge in [0, 0.05) is 38.7 Å². The molecule has 0 fully saturated rings. The molecule has 0 atom stereocenters. The predicted octanol–water partition coefficient (Wildman–Crippen LogP) is 17.6. The van der Waals surface area contributed by atoms with Gasteiger partial charge in [0.05, 0.1) is 16.5 Å². The van der Waals surface area contributed by atoms with E-state index in [-0.39, 0.29) is 10.8 Å². The third-order valence-electron chi connectivity index (χ3n) is 14.0. The van der Waals surface area contributed by atoms with E-state index in [1.807, 2.05) is 12.1 Å². The van der Waals surface area contributed by atoms with Crippen molar-refractivity contribution >= 4 is 60.9 Å². The topological polar surface area (TPSA) is 29.5 Å². The van der Waals surface area contributed by atoms with Gasteiger partial charge in [0.2, 0.25) is 0 Å². The number of para-hydroxylation sites is 2. The van der Waals surface area contributed by atoms with Crippen LogP contribution in [-0.4, -0.2) is 0 Å². The third-order valence-corrected chi connectivity index (χ3v) is 14.0. The van der Waals surface area contributed by atoms with Crippen molar-refractivity contribution in [1.29, 1.82) is 0 Å². The molecule has 0 amide bonds. The molecule has 1 aliphatic carbocycles. The summed E-state index contributed by atoms with van der Waals surface area (Å²) in [5.74, 6) is 0. The highest BCUT2D eigenvalue weighted by molar-refractivity contribution is 6.15. The molecule has 12 rings (SSSR count). The highest BCUT2D eigenvalue weighted by atomic mass is 16.3. The molecule has 3 heteroatoms. The Balaban J connectivity index is 1.12. The normalized spacial score (nSPS) is 13.4. The van der Waals surface area contributed by atoms with Crippen molar-refractivity contribution in [3.63, 3.8) is 0 Å². The van der Waals surface area contributed by atoms with Crippen LogP contribution in [0, 0.1) is 0 Å². The lowest BCUT2D eigenvalue weighted by atomic mass is 9.67. The summed E-state index contributed by atoms with van der Waals surface area (Å²) in [6.07, 6.45) is 0. The fourth-order valence-electron chi connectivity index (χ4n) is 10.9. The first-order valence-electron chi connectivity index (χ1n) is 23.2. The maximum absolute atomic E-state index is 7.00. The molecule has 3 nitrogen and oxygen atoms in total. The first-order valence-corrected chi connectivity index (χ1v) is 23.2. The van der Waals surface area contributed by atoms with E-state index in [1.54, 1.807) is 0 Å². The van der Waals surface area contributed by atoms with Crippen LogP contribution < -0.4 is 4.90 Å². The first kappa shape index (κ1) is 39.9. The summed E-state index contributed by atoms with van der Waals surface area (Å²) in [7, 11) is 0. The second-order valence-electron chi connectivity index (χ2n) is 20.1. The fraction of sp³-hybridized carbons (Fsp3) is 0.143. The van der Waals surface area contributed by atoms with Gasteiger partial charge in [-0.15, -0.1) is 0 Å². The summed E-state index contributed by atoms with van der Waals surface area (Å²) in [5.41, 5.74) is 18.2. The van der Waals surface area contributed by atoms with Crippen LogP contribution in [0.4, 0.5) is 17.1 Å². The van der Waals surface area contributed by atoms with Crippen LogP contribution in [0.25, 0.3) is 66.1 Å². The number of furan rings is 2. The first-order chi connectivity index (χ1) is 32.0. The minimum absolute atomic E-state index is 0.0705. The van der Waals surface area contributed by atoms with Crippen LogP contribution >= 0.6 is 0 Å². The number of fused-ring (bicyclic) bond motifs is 9. The molecular formula is C63H51NO2. The van der Waals surface area contributed by atoms with E-state index in [2.05, 4.69) is 234 Å². The Morgan fingerprint density at radius 1 is 0.409 bits per heavy atom. The number of rotatable bonds is 6. The summed E-state index contributed by atoms with van der Waals surface area (Å²) < 4.78 is 13.5.